The Balaban J connectivity index is 2.75. The van der Waals surface area contributed by atoms with Crippen LogP contribution in [-0.2, 0) is 4.79 Å². The molecular formula is C13H22N2O. The molecule has 0 spiro atoms. The Labute approximate surface area is 98.6 Å². The van der Waals surface area contributed by atoms with Gasteiger partial charge in [0.25, 0.3) is 0 Å². The van der Waals surface area contributed by atoms with E-state index in [1.54, 1.807) is 0 Å². The first-order valence-corrected chi connectivity index (χ1v) is 6.18. The first-order chi connectivity index (χ1) is 7.70. The number of terminal acetylenes is 1. The van der Waals surface area contributed by atoms with Crippen molar-refractivity contribution in [3.63, 3.8) is 0 Å². The van der Waals surface area contributed by atoms with Gasteiger partial charge in [-0.25, -0.2) is 0 Å². The van der Waals surface area contributed by atoms with Crippen LogP contribution in [0.2, 0.25) is 0 Å². The van der Waals surface area contributed by atoms with Gasteiger partial charge in [-0.1, -0.05) is 19.8 Å². The Hall–Kier alpha value is -1.01. The van der Waals surface area contributed by atoms with Crippen LogP contribution in [-0.4, -0.2) is 36.0 Å². The lowest BCUT2D eigenvalue weighted by molar-refractivity contribution is -0.137. The second kappa shape index (κ2) is 5.91. The highest BCUT2D eigenvalue weighted by Crippen LogP contribution is 2.25. The van der Waals surface area contributed by atoms with E-state index in [1.165, 1.54) is 0 Å². The van der Waals surface area contributed by atoms with E-state index in [-0.39, 0.29) is 11.4 Å². The van der Waals surface area contributed by atoms with Gasteiger partial charge in [-0.3, -0.25) is 4.79 Å². The number of nitrogens with zero attached hydrogens (tertiary/aromatic N) is 1. The molecule has 1 aliphatic rings. The monoisotopic (exact) mass is 222 g/mol. The van der Waals surface area contributed by atoms with Gasteiger partial charge in [-0.05, 0) is 32.2 Å². The maximum Gasteiger partial charge on any atom is 0.243 e. The third-order valence-corrected chi connectivity index (χ3v) is 3.32. The van der Waals surface area contributed by atoms with Gasteiger partial charge in [0.1, 0.15) is 0 Å². The molecule has 1 rings (SSSR count). The molecule has 1 atom stereocenters. The van der Waals surface area contributed by atoms with Crippen molar-refractivity contribution in [1.29, 1.82) is 0 Å². The molecule has 0 aromatic carbocycles. The van der Waals surface area contributed by atoms with E-state index in [4.69, 9.17) is 6.42 Å². The van der Waals surface area contributed by atoms with Gasteiger partial charge in [0.15, 0.2) is 0 Å². The average Bonchev–Trinajstić information content (AvgIpc) is 2.77. The number of carbonyl (C=O) groups excluding carboxylic acids is 1. The van der Waals surface area contributed by atoms with E-state index in [1.807, 2.05) is 4.90 Å². The topological polar surface area (TPSA) is 32.3 Å². The standard InChI is InChI=1S/C13H22N2O/c1-4-10-15(11-5-2)12(16)13(6-3)8-7-9-14-13/h1,14H,5-11H2,2-3H3. The number of rotatable bonds is 5. The first-order valence-electron chi connectivity index (χ1n) is 6.18. The first kappa shape index (κ1) is 13.1. The fourth-order valence-electron chi connectivity index (χ4n) is 2.38. The summed E-state index contributed by atoms with van der Waals surface area (Å²) in [6.45, 7) is 6.26. The number of amides is 1. The number of nitrogens with one attached hydrogen (secondary N) is 1. The lowest BCUT2D eigenvalue weighted by atomic mass is 9.92. The van der Waals surface area contributed by atoms with Crippen molar-refractivity contribution >= 4 is 5.91 Å². The molecule has 3 nitrogen and oxygen atoms in total. The zero-order valence-electron chi connectivity index (χ0n) is 10.4. The second-order valence-electron chi connectivity index (χ2n) is 4.40. The van der Waals surface area contributed by atoms with Crippen LogP contribution < -0.4 is 5.32 Å². The van der Waals surface area contributed by atoms with Crippen molar-refractivity contribution in [3.8, 4) is 12.3 Å². The van der Waals surface area contributed by atoms with Crippen LogP contribution in [0.15, 0.2) is 0 Å². The molecular weight excluding hydrogens is 200 g/mol. The smallest absolute Gasteiger partial charge is 0.243 e. The van der Waals surface area contributed by atoms with Crippen LogP contribution >= 0.6 is 0 Å². The minimum atomic E-state index is -0.341. The van der Waals surface area contributed by atoms with E-state index < -0.39 is 0 Å². The van der Waals surface area contributed by atoms with Crippen molar-refractivity contribution in [3.05, 3.63) is 0 Å². The Bertz CT molecular complexity index is 274. The Morgan fingerprint density at radius 1 is 1.56 bits per heavy atom. The van der Waals surface area contributed by atoms with E-state index in [0.29, 0.717) is 6.54 Å². The van der Waals surface area contributed by atoms with Crippen molar-refractivity contribution < 1.29 is 4.79 Å². The average molecular weight is 222 g/mol. The quantitative estimate of drug-likeness (QED) is 0.713. The minimum Gasteiger partial charge on any atom is -0.330 e. The molecule has 90 valence electrons. The van der Waals surface area contributed by atoms with E-state index >= 15 is 0 Å². The highest BCUT2D eigenvalue weighted by Gasteiger charge is 2.41. The van der Waals surface area contributed by atoms with Gasteiger partial charge < -0.3 is 10.2 Å². The normalized spacial score (nSPS) is 24.1. The Kier molecular flexibility index (Phi) is 4.82. The van der Waals surface area contributed by atoms with E-state index in [9.17, 15) is 4.79 Å². The summed E-state index contributed by atoms with van der Waals surface area (Å²) in [4.78, 5) is 14.3. The number of hydrogen-bond donors (Lipinski definition) is 1. The van der Waals surface area contributed by atoms with Crippen LogP contribution in [0.4, 0.5) is 0 Å². The molecule has 1 aliphatic heterocycles. The summed E-state index contributed by atoms with van der Waals surface area (Å²) in [6, 6.07) is 0. The summed E-state index contributed by atoms with van der Waals surface area (Å²) in [5.74, 6) is 2.76. The third kappa shape index (κ3) is 2.56. The van der Waals surface area contributed by atoms with Crippen molar-refractivity contribution in [2.75, 3.05) is 19.6 Å². The molecule has 1 fully saturated rings. The lowest BCUT2D eigenvalue weighted by Crippen LogP contribution is -2.54. The molecule has 16 heavy (non-hydrogen) atoms. The fraction of sp³-hybridized carbons (Fsp3) is 0.769. The molecule has 1 amide bonds. The highest BCUT2D eigenvalue weighted by molar-refractivity contribution is 5.87. The summed E-state index contributed by atoms with van der Waals surface area (Å²) < 4.78 is 0. The summed E-state index contributed by atoms with van der Waals surface area (Å²) in [5.41, 5.74) is -0.341. The van der Waals surface area contributed by atoms with Gasteiger partial charge in [0, 0.05) is 6.54 Å². The molecule has 0 aromatic rings. The molecule has 3 heteroatoms. The maximum absolute atomic E-state index is 12.4. The predicted octanol–water partition coefficient (Wildman–Crippen LogP) is 1.39. The molecule has 1 saturated heterocycles. The highest BCUT2D eigenvalue weighted by atomic mass is 16.2. The molecule has 1 N–H and O–H groups in total. The molecule has 0 bridgehead atoms. The summed E-state index contributed by atoms with van der Waals surface area (Å²) in [5, 5.41) is 3.36. The van der Waals surface area contributed by atoms with Crippen LogP contribution in [0.5, 0.6) is 0 Å². The number of carbonyl (C=O) groups is 1. The Morgan fingerprint density at radius 3 is 2.75 bits per heavy atom. The summed E-state index contributed by atoms with van der Waals surface area (Å²) in [7, 11) is 0. The Morgan fingerprint density at radius 2 is 2.31 bits per heavy atom. The molecule has 0 aromatic heterocycles. The molecule has 0 radical (unpaired) electrons. The second-order valence-corrected chi connectivity index (χ2v) is 4.40. The number of hydrogen-bond acceptors (Lipinski definition) is 2. The van der Waals surface area contributed by atoms with Gasteiger partial charge in [-0.15, -0.1) is 6.42 Å². The fourth-order valence-corrected chi connectivity index (χ4v) is 2.38. The largest absolute Gasteiger partial charge is 0.330 e. The maximum atomic E-state index is 12.4. The van der Waals surface area contributed by atoms with Crippen molar-refractivity contribution in [2.45, 2.75) is 45.1 Å². The molecule has 0 saturated carbocycles. The summed E-state index contributed by atoms with van der Waals surface area (Å²) >= 11 is 0. The van der Waals surface area contributed by atoms with Gasteiger partial charge in [0.2, 0.25) is 5.91 Å². The van der Waals surface area contributed by atoms with Crippen LogP contribution in [0, 0.1) is 12.3 Å². The zero-order valence-corrected chi connectivity index (χ0v) is 10.4. The zero-order chi connectivity index (χ0) is 12.0. The van der Waals surface area contributed by atoms with Gasteiger partial charge >= 0.3 is 0 Å². The molecule has 0 aliphatic carbocycles. The summed E-state index contributed by atoms with van der Waals surface area (Å²) in [6.07, 6.45) is 9.13. The third-order valence-electron chi connectivity index (χ3n) is 3.32. The van der Waals surface area contributed by atoms with Crippen LogP contribution in [0.1, 0.15) is 39.5 Å². The SMILES string of the molecule is C#CCN(CCC)C(=O)C1(CC)CCCN1. The van der Waals surface area contributed by atoms with Crippen LogP contribution in [0.25, 0.3) is 0 Å². The van der Waals surface area contributed by atoms with Gasteiger partial charge in [0.05, 0.1) is 12.1 Å². The molecule has 1 unspecified atom stereocenters. The van der Waals surface area contributed by atoms with Crippen LogP contribution in [0.3, 0.4) is 0 Å². The van der Waals surface area contributed by atoms with E-state index in [0.717, 1.165) is 38.8 Å². The van der Waals surface area contributed by atoms with E-state index in [2.05, 4.69) is 25.1 Å². The predicted molar refractivity (Wildman–Crippen MR) is 66.0 cm³/mol. The van der Waals surface area contributed by atoms with Crippen molar-refractivity contribution in [1.82, 2.24) is 10.2 Å². The van der Waals surface area contributed by atoms with Crippen molar-refractivity contribution in [2.24, 2.45) is 0 Å². The minimum absolute atomic E-state index is 0.187. The lowest BCUT2D eigenvalue weighted by Gasteiger charge is -2.33. The van der Waals surface area contributed by atoms with Gasteiger partial charge in [-0.2, -0.15) is 0 Å². The molecule has 1 heterocycles.